The molecule has 2 N–H and O–H groups in total. The van der Waals surface area contributed by atoms with Crippen LogP contribution in [-0.4, -0.2) is 66.6 Å². The molecule has 8 heteroatoms. The van der Waals surface area contributed by atoms with Crippen molar-refractivity contribution in [3.63, 3.8) is 0 Å². The average molecular weight is 369 g/mol. The first kappa shape index (κ1) is 18.4. The van der Waals surface area contributed by atoms with Crippen LogP contribution in [0.3, 0.4) is 0 Å². The first-order valence-corrected chi connectivity index (χ1v) is 10.9. The number of carbonyl (C=O) groups is 1. The minimum absolute atomic E-state index is 0.0424. The molecule has 1 aromatic rings. The smallest absolute Gasteiger partial charge is 0.223 e. The molecule has 0 radical (unpaired) electrons. The highest BCUT2D eigenvalue weighted by molar-refractivity contribution is 7.91. The predicted octanol–water partition coefficient (Wildman–Crippen LogP) is 0.584. The van der Waals surface area contributed by atoms with Crippen molar-refractivity contribution in [1.29, 1.82) is 0 Å². The summed E-state index contributed by atoms with van der Waals surface area (Å²) in [5.74, 6) is 0.761. The summed E-state index contributed by atoms with van der Waals surface area (Å²) in [5.41, 5.74) is 3.23. The van der Waals surface area contributed by atoms with Crippen LogP contribution in [0.4, 0.5) is 0 Å². The van der Waals surface area contributed by atoms with E-state index in [2.05, 4.69) is 20.4 Å². The average Bonchev–Trinajstić information content (AvgIpc) is 3.10. The van der Waals surface area contributed by atoms with Crippen molar-refractivity contribution < 1.29 is 13.2 Å². The van der Waals surface area contributed by atoms with Crippen molar-refractivity contribution in [3.8, 4) is 0 Å². The number of amides is 1. The topological polar surface area (TPSA) is 95.2 Å². The molecular formula is C17H28N4O3S. The molecule has 25 heavy (non-hydrogen) atoms. The Morgan fingerprint density at radius 1 is 1.28 bits per heavy atom. The van der Waals surface area contributed by atoms with Gasteiger partial charge in [-0.05, 0) is 58.2 Å². The highest BCUT2D eigenvalue weighted by atomic mass is 32.2. The van der Waals surface area contributed by atoms with Crippen LogP contribution in [0.5, 0.6) is 0 Å². The number of hydrogen-bond donors (Lipinski definition) is 2. The van der Waals surface area contributed by atoms with Crippen LogP contribution in [0.15, 0.2) is 0 Å². The van der Waals surface area contributed by atoms with Gasteiger partial charge in [0.1, 0.15) is 0 Å². The molecule has 0 aliphatic carbocycles. The Hall–Kier alpha value is -1.41. The zero-order valence-corrected chi connectivity index (χ0v) is 15.9. The molecule has 2 aliphatic heterocycles. The number of piperidine rings is 1. The van der Waals surface area contributed by atoms with Crippen molar-refractivity contribution >= 4 is 15.7 Å². The monoisotopic (exact) mass is 368 g/mol. The molecule has 3 heterocycles. The number of aryl methyl sites for hydroxylation is 2. The minimum atomic E-state index is -2.84. The number of carbonyl (C=O) groups excluding carboxylic acids is 1. The summed E-state index contributed by atoms with van der Waals surface area (Å²) in [6.07, 6.45) is 3.15. The van der Waals surface area contributed by atoms with Gasteiger partial charge in [-0.3, -0.25) is 14.8 Å². The SMILES string of the molecule is Cc1n[nH]c(C)c1CCNC(=O)C1CCN(C2CCS(=O)(=O)C2)CC1. The maximum absolute atomic E-state index is 12.4. The molecule has 0 saturated carbocycles. The van der Waals surface area contributed by atoms with Gasteiger partial charge < -0.3 is 5.32 Å². The van der Waals surface area contributed by atoms with E-state index in [4.69, 9.17) is 0 Å². The van der Waals surface area contributed by atoms with Gasteiger partial charge in [0.15, 0.2) is 9.84 Å². The number of aromatic amines is 1. The lowest BCUT2D eigenvalue weighted by Gasteiger charge is -2.34. The normalized spacial score (nSPS) is 24.5. The highest BCUT2D eigenvalue weighted by Gasteiger charge is 2.35. The van der Waals surface area contributed by atoms with Gasteiger partial charge in [0, 0.05) is 24.2 Å². The van der Waals surface area contributed by atoms with Crippen molar-refractivity contribution in [1.82, 2.24) is 20.4 Å². The van der Waals surface area contributed by atoms with E-state index in [1.165, 1.54) is 5.56 Å². The van der Waals surface area contributed by atoms with E-state index in [0.717, 1.165) is 50.2 Å². The van der Waals surface area contributed by atoms with E-state index in [1.807, 2.05) is 13.8 Å². The van der Waals surface area contributed by atoms with E-state index in [0.29, 0.717) is 12.3 Å². The van der Waals surface area contributed by atoms with Gasteiger partial charge in [-0.2, -0.15) is 5.10 Å². The lowest BCUT2D eigenvalue weighted by Crippen LogP contribution is -2.45. The Kier molecular flexibility index (Phi) is 5.48. The lowest BCUT2D eigenvalue weighted by atomic mass is 9.94. The third kappa shape index (κ3) is 4.41. The van der Waals surface area contributed by atoms with Crippen LogP contribution in [0.2, 0.25) is 0 Å². The van der Waals surface area contributed by atoms with Gasteiger partial charge in [0.05, 0.1) is 17.2 Å². The Labute approximate surface area is 149 Å². The number of rotatable bonds is 5. The van der Waals surface area contributed by atoms with E-state index < -0.39 is 9.84 Å². The molecule has 1 aromatic heterocycles. The number of likely N-dealkylation sites (tertiary alicyclic amines) is 1. The number of aromatic nitrogens is 2. The molecule has 2 saturated heterocycles. The molecule has 2 fully saturated rings. The zero-order chi connectivity index (χ0) is 18.0. The van der Waals surface area contributed by atoms with Gasteiger partial charge in [-0.15, -0.1) is 0 Å². The van der Waals surface area contributed by atoms with Gasteiger partial charge >= 0.3 is 0 Å². The second kappa shape index (κ2) is 7.45. The Balaban J connectivity index is 1.41. The summed E-state index contributed by atoms with van der Waals surface area (Å²) in [6.45, 7) is 6.23. The number of nitrogens with one attached hydrogen (secondary N) is 2. The van der Waals surface area contributed by atoms with Gasteiger partial charge in [-0.25, -0.2) is 8.42 Å². The Morgan fingerprint density at radius 2 is 2.00 bits per heavy atom. The third-order valence-electron chi connectivity index (χ3n) is 5.58. The van der Waals surface area contributed by atoms with E-state index in [1.54, 1.807) is 0 Å². The molecule has 1 atom stereocenters. The molecule has 1 unspecified atom stereocenters. The van der Waals surface area contributed by atoms with Crippen LogP contribution in [0, 0.1) is 19.8 Å². The summed E-state index contributed by atoms with van der Waals surface area (Å²) in [6, 6.07) is 0.154. The molecule has 0 spiro atoms. The Bertz CT molecular complexity index is 701. The largest absolute Gasteiger partial charge is 0.356 e. The molecular weight excluding hydrogens is 340 g/mol. The van der Waals surface area contributed by atoms with Crippen molar-refractivity contribution in [2.75, 3.05) is 31.1 Å². The lowest BCUT2D eigenvalue weighted by molar-refractivity contribution is -0.126. The van der Waals surface area contributed by atoms with Gasteiger partial charge in [-0.1, -0.05) is 0 Å². The molecule has 7 nitrogen and oxygen atoms in total. The standard InChI is InChI=1S/C17H28N4O3S/c1-12-16(13(2)20-19-12)3-7-18-17(22)14-4-8-21(9-5-14)15-6-10-25(23,24)11-15/h14-15H,3-11H2,1-2H3,(H,18,22)(H,19,20). The first-order chi connectivity index (χ1) is 11.9. The molecule has 0 bridgehead atoms. The fourth-order valence-corrected chi connectivity index (χ4v) is 5.75. The first-order valence-electron chi connectivity index (χ1n) is 9.08. The quantitative estimate of drug-likeness (QED) is 0.793. The minimum Gasteiger partial charge on any atom is -0.356 e. The number of hydrogen-bond acceptors (Lipinski definition) is 5. The summed E-state index contributed by atoms with van der Waals surface area (Å²) < 4.78 is 23.2. The maximum Gasteiger partial charge on any atom is 0.223 e. The van der Waals surface area contributed by atoms with E-state index in [9.17, 15) is 13.2 Å². The molecule has 1 amide bonds. The fourth-order valence-electron chi connectivity index (χ4n) is 3.99. The van der Waals surface area contributed by atoms with Crippen molar-refractivity contribution in [3.05, 3.63) is 17.0 Å². The second-order valence-corrected chi connectivity index (χ2v) is 9.55. The third-order valence-corrected chi connectivity index (χ3v) is 7.33. The summed E-state index contributed by atoms with van der Waals surface area (Å²) in [4.78, 5) is 14.6. The zero-order valence-electron chi connectivity index (χ0n) is 15.0. The predicted molar refractivity (Wildman–Crippen MR) is 96.1 cm³/mol. The maximum atomic E-state index is 12.4. The van der Waals surface area contributed by atoms with Crippen LogP contribution in [-0.2, 0) is 21.1 Å². The van der Waals surface area contributed by atoms with Crippen LogP contribution < -0.4 is 5.32 Å². The Morgan fingerprint density at radius 3 is 2.56 bits per heavy atom. The number of H-pyrrole nitrogens is 1. The van der Waals surface area contributed by atoms with Gasteiger partial charge in [0.2, 0.25) is 5.91 Å². The number of nitrogens with zero attached hydrogens (tertiary/aromatic N) is 2. The van der Waals surface area contributed by atoms with Crippen molar-refractivity contribution in [2.45, 2.75) is 45.6 Å². The molecule has 0 aromatic carbocycles. The second-order valence-electron chi connectivity index (χ2n) is 7.32. The molecule has 140 valence electrons. The van der Waals surface area contributed by atoms with E-state index in [-0.39, 0.29) is 23.6 Å². The van der Waals surface area contributed by atoms with Gasteiger partial charge in [0.25, 0.3) is 0 Å². The highest BCUT2D eigenvalue weighted by Crippen LogP contribution is 2.24. The van der Waals surface area contributed by atoms with Crippen molar-refractivity contribution in [2.24, 2.45) is 5.92 Å². The van der Waals surface area contributed by atoms with Crippen LogP contribution >= 0.6 is 0 Å². The molecule has 2 aliphatic rings. The summed E-state index contributed by atoms with van der Waals surface area (Å²) in [5, 5.41) is 10.2. The summed E-state index contributed by atoms with van der Waals surface area (Å²) >= 11 is 0. The summed E-state index contributed by atoms with van der Waals surface area (Å²) in [7, 11) is -2.84. The number of sulfone groups is 1. The van der Waals surface area contributed by atoms with Crippen LogP contribution in [0.1, 0.15) is 36.2 Å². The van der Waals surface area contributed by atoms with Crippen LogP contribution in [0.25, 0.3) is 0 Å². The molecule has 3 rings (SSSR count). The van der Waals surface area contributed by atoms with E-state index >= 15 is 0 Å². The fraction of sp³-hybridized carbons (Fsp3) is 0.765.